The van der Waals surface area contributed by atoms with Gasteiger partial charge >= 0.3 is 0 Å². The largest absolute Gasteiger partial charge is 0.508 e. The third-order valence-corrected chi connectivity index (χ3v) is 6.87. The summed E-state index contributed by atoms with van der Waals surface area (Å²) in [5, 5.41) is 9.57. The molecule has 162 valence electrons. The Morgan fingerprint density at radius 3 is 1.53 bits per heavy atom. The Labute approximate surface area is 197 Å². The van der Waals surface area contributed by atoms with Crippen LogP contribution < -0.4 is 0 Å². The highest BCUT2D eigenvalue weighted by Crippen LogP contribution is 2.36. The van der Waals surface area contributed by atoms with Gasteiger partial charge in [-0.2, -0.15) is 0 Å². The summed E-state index contributed by atoms with van der Waals surface area (Å²) in [5.74, 6) is 0.272. The highest BCUT2D eigenvalue weighted by atomic mass is 16.3. The molecule has 4 heteroatoms. The van der Waals surface area contributed by atoms with Crippen LogP contribution in [0, 0.1) is 0 Å². The number of hydrogen-bond acceptors (Lipinski definition) is 4. The van der Waals surface area contributed by atoms with Crippen LogP contribution in [0.25, 0.3) is 0 Å². The van der Waals surface area contributed by atoms with Gasteiger partial charge in [0, 0.05) is 19.3 Å². The van der Waals surface area contributed by atoms with Crippen LogP contribution in [-0.2, 0) is 19.3 Å². The number of phenolic OH excluding ortho intramolecular Hbond substituents is 1. The molecule has 0 atom stereocenters. The molecule has 0 spiro atoms. The van der Waals surface area contributed by atoms with E-state index in [0.717, 1.165) is 70.2 Å². The molecule has 3 aliphatic rings. The zero-order valence-corrected chi connectivity index (χ0v) is 18.5. The van der Waals surface area contributed by atoms with Crippen LogP contribution in [-0.4, -0.2) is 22.2 Å². The molecule has 34 heavy (non-hydrogen) atoms. The zero-order chi connectivity index (χ0) is 22.6. The Balaban J connectivity index is 1.17. The molecule has 0 fully saturated rings. The minimum atomic E-state index is 0.272. The van der Waals surface area contributed by atoms with E-state index in [1.807, 2.05) is 18.2 Å². The third-order valence-electron chi connectivity index (χ3n) is 6.87. The zero-order valence-electron chi connectivity index (χ0n) is 18.5. The molecular weight excluding hydrogens is 418 g/mol. The lowest BCUT2D eigenvalue weighted by atomic mass is 9.98. The molecule has 0 bridgehead atoms. The molecule has 0 aromatic heterocycles. The van der Waals surface area contributed by atoms with Crippen LogP contribution in [0.15, 0.2) is 99.9 Å². The summed E-state index contributed by atoms with van der Waals surface area (Å²) in [6, 6.07) is 28.7. The van der Waals surface area contributed by atoms with Crippen LogP contribution in [0.2, 0.25) is 0 Å². The number of aromatic hydroxyl groups is 1. The number of nitrogens with zero attached hydrogens (tertiary/aromatic N) is 3. The van der Waals surface area contributed by atoms with Crippen molar-refractivity contribution in [3.05, 3.63) is 118 Å². The Hall–Kier alpha value is -4.31. The summed E-state index contributed by atoms with van der Waals surface area (Å²) < 4.78 is 0. The third kappa shape index (κ3) is 3.19. The van der Waals surface area contributed by atoms with E-state index in [1.54, 1.807) is 12.1 Å². The van der Waals surface area contributed by atoms with Gasteiger partial charge in [0.25, 0.3) is 0 Å². The van der Waals surface area contributed by atoms with Gasteiger partial charge in [-0.25, -0.2) is 0 Å². The van der Waals surface area contributed by atoms with Gasteiger partial charge in [-0.15, -0.1) is 0 Å². The van der Waals surface area contributed by atoms with E-state index in [4.69, 9.17) is 15.0 Å². The van der Waals surface area contributed by atoms with Crippen molar-refractivity contribution >= 4 is 34.2 Å². The van der Waals surface area contributed by atoms with Crippen LogP contribution >= 0.6 is 0 Å². The lowest BCUT2D eigenvalue weighted by Gasteiger charge is -2.04. The molecular formula is C30H21N3O. The number of aliphatic imine (C=N–C) groups is 3. The molecule has 7 rings (SSSR count). The molecule has 4 aromatic carbocycles. The normalized spacial score (nSPS) is 15.4. The van der Waals surface area contributed by atoms with Crippen LogP contribution in [0.3, 0.4) is 0 Å². The highest BCUT2D eigenvalue weighted by Gasteiger charge is 2.22. The van der Waals surface area contributed by atoms with E-state index in [0.29, 0.717) is 0 Å². The molecule has 1 N–H and O–H groups in total. The molecule has 3 heterocycles. The fraction of sp³-hybridized carbons (Fsp3) is 0.100. The topological polar surface area (TPSA) is 57.3 Å². The predicted molar refractivity (Wildman–Crippen MR) is 137 cm³/mol. The fourth-order valence-electron chi connectivity index (χ4n) is 5.01. The molecule has 0 aliphatic carbocycles. The van der Waals surface area contributed by atoms with Crippen molar-refractivity contribution in [1.29, 1.82) is 0 Å². The Morgan fingerprint density at radius 1 is 0.471 bits per heavy atom. The average molecular weight is 440 g/mol. The number of rotatable bonds is 3. The molecule has 4 nitrogen and oxygen atoms in total. The number of phenols is 1. The first-order chi connectivity index (χ1) is 16.7. The molecule has 0 unspecified atom stereocenters. The van der Waals surface area contributed by atoms with Crippen LogP contribution in [0.4, 0.5) is 17.1 Å². The molecule has 0 radical (unpaired) electrons. The van der Waals surface area contributed by atoms with Crippen molar-refractivity contribution in [2.24, 2.45) is 15.0 Å². The van der Waals surface area contributed by atoms with E-state index >= 15 is 0 Å². The van der Waals surface area contributed by atoms with Gasteiger partial charge in [0.05, 0.1) is 34.2 Å². The Bertz CT molecular complexity index is 1580. The van der Waals surface area contributed by atoms with Crippen LogP contribution in [0.5, 0.6) is 5.75 Å². The molecule has 3 aliphatic heterocycles. The summed E-state index contributed by atoms with van der Waals surface area (Å²) in [6.07, 6.45) is 2.51. The molecule has 4 aromatic rings. The first-order valence-electron chi connectivity index (χ1n) is 11.6. The van der Waals surface area contributed by atoms with Crippen molar-refractivity contribution < 1.29 is 5.11 Å². The minimum Gasteiger partial charge on any atom is -0.508 e. The molecule has 0 saturated carbocycles. The molecule has 0 saturated heterocycles. The molecule has 0 amide bonds. The second kappa shape index (κ2) is 7.35. The number of hydrogen-bond donors (Lipinski definition) is 1. The van der Waals surface area contributed by atoms with Crippen molar-refractivity contribution in [3.8, 4) is 5.75 Å². The minimum absolute atomic E-state index is 0.272. The van der Waals surface area contributed by atoms with Crippen molar-refractivity contribution in [2.45, 2.75) is 19.3 Å². The standard InChI is InChI=1S/C30H21N3O/c34-24-11-9-18(10-12-24)26-14-20-5-7-22(16-28(20)32-26)30-17-23-8-6-21(15-29(23)33-30)27-13-19-3-1-2-4-25(19)31-27/h1-12,15-16,34H,13-14,17H2. The summed E-state index contributed by atoms with van der Waals surface area (Å²) >= 11 is 0. The average Bonchev–Trinajstić information content (AvgIpc) is 3.59. The smallest absolute Gasteiger partial charge is 0.115 e. The van der Waals surface area contributed by atoms with Gasteiger partial charge in [-0.3, -0.25) is 15.0 Å². The van der Waals surface area contributed by atoms with Crippen molar-refractivity contribution in [3.63, 3.8) is 0 Å². The second-order valence-electron chi connectivity index (χ2n) is 9.07. The van der Waals surface area contributed by atoms with E-state index in [2.05, 4.69) is 54.6 Å². The summed E-state index contributed by atoms with van der Waals surface area (Å²) in [4.78, 5) is 14.7. The van der Waals surface area contributed by atoms with E-state index in [1.165, 1.54) is 16.7 Å². The Morgan fingerprint density at radius 2 is 0.941 bits per heavy atom. The number of para-hydroxylation sites is 1. The summed E-state index contributed by atoms with van der Waals surface area (Å²) in [6.45, 7) is 0. The van der Waals surface area contributed by atoms with Gasteiger partial charge in [0.15, 0.2) is 0 Å². The first-order valence-corrected chi connectivity index (χ1v) is 11.6. The maximum absolute atomic E-state index is 9.57. The number of benzene rings is 4. The maximum atomic E-state index is 9.57. The lowest BCUT2D eigenvalue weighted by Crippen LogP contribution is -2.01. The van der Waals surface area contributed by atoms with Gasteiger partial charge < -0.3 is 5.11 Å². The van der Waals surface area contributed by atoms with E-state index in [9.17, 15) is 5.11 Å². The van der Waals surface area contributed by atoms with Crippen molar-refractivity contribution in [1.82, 2.24) is 0 Å². The lowest BCUT2D eigenvalue weighted by molar-refractivity contribution is 0.475. The van der Waals surface area contributed by atoms with Gasteiger partial charge in [0.1, 0.15) is 5.75 Å². The second-order valence-corrected chi connectivity index (χ2v) is 9.07. The van der Waals surface area contributed by atoms with Gasteiger partial charge in [0.2, 0.25) is 0 Å². The number of fused-ring (bicyclic) bond motifs is 3. The summed E-state index contributed by atoms with van der Waals surface area (Å²) in [5.41, 5.74) is 13.4. The first kappa shape index (κ1) is 19.2. The van der Waals surface area contributed by atoms with Gasteiger partial charge in [-0.1, -0.05) is 42.5 Å². The van der Waals surface area contributed by atoms with Crippen LogP contribution in [0.1, 0.15) is 33.4 Å². The van der Waals surface area contributed by atoms with Crippen molar-refractivity contribution in [2.75, 3.05) is 0 Å². The SMILES string of the molecule is Oc1ccc(C2=Nc3cc(C4=Nc5cc(C6=Nc7ccccc7C6)ccc5C4)ccc3C2)cc1. The quantitative estimate of drug-likeness (QED) is 0.393. The summed E-state index contributed by atoms with van der Waals surface area (Å²) in [7, 11) is 0. The highest BCUT2D eigenvalue weighted by molar-refractivity contribution is 6.11. The monoisotopic (exact) mass is 439 g/mol. The van der Waals surface area contributed by atoms with E-state index < -0.39 is 0 Å². The Kier molecular flexibility index (Phi) is 4.15. The maximum Gasteiger partial charge on any atom is 0.115 e. The predicted octanol–water partition coefficient (Wildman–Crippen LogP) is 6.42. The van der Waals surface area contributed by atoms with Gasteiger partial charge in [-0.05, 0) is 75.8 Å². The van der Waals surface area contributed by atoms with E-state index in [-0.39, 0.29) is 5.75 Å². The fourth-order valence-corrected chi connectivity index (χ4v) is 5.01.